The molecule has 110 valence electrons. The topological polar surface area (TPSA) is 94.9 Å². The lowest BCUT2D eigenvalue weighted by molar-refractivity contribution is -0.0426. The van der Waals surface area contributed by atoms with E-state index in [1.807, 2.05) is 0 Å². The van der Waals surface area contributed by atoms with Crippen molar-refractivity contribution < 1.29 is 27.8 Å². The molecule has 0 saturated carbocycles. The van der Waals surface area contributed by atoms with Crippen molar-refractivity contribution in [3.63, 3.8) is 0 Å². The molecule has 0 bridgehead atoms. The van der Waals surface area contributed by atoms with E-state index in [4.69, 9.17) is 5.11 Å². The van der Waals surface area contributed by atoms with E-state index in [0.717, 1.165) is 16.4 Å². The predicted molar refractivity (Wildman–Crippen MR) is 67.5 cm³/mol. The Hall–Kier alpha value is -1.51. The van der Waals surface area contributed by atoms with Crippen LogP contribution >= 0.6 is 0 Å². The highest BCUT2D eigenvalue weighted by Crippen LogP contribution is 2.29. The first kappa shape index (κ1) is 14.9. The highest BCUT2D eigenvalue weighted by atomic mass is 32.2. The number of hydrogen-bond acceptors (Lipinski definition) is 4. The Morgan fingerprint density at radius 3 is 2.40 bits per heavy atom. The summed E-state index contributed by atoms with van der Waals surface area (Å²) in [7, 11) is -3.93. The molecule has 1 fully saturated rings. The number of carbonyl (C=O) groups is 1. The molecular weight excluding hydrogens is 289 g/mol. The van der Waals surface area contributed by atoms with Crippen LogP contribution in [0.3, 0.4) is 0 Å². The van der Waals surface area contributed by atoms with Gasteiger partial charge < -0.3 is 10.2 Å². The molecule has 6 nitrogen and oxygen atoms in total. The Morgan fingerprint density at radius 2 is 1.95 bits per heavy atom. The van der Waals surface area contributed by atoms with Gasteiger partial charge in [-0.2, -0.15) is 4.31 Å². The summed E-state index contributed by atoms with van der Waals surface area (Å²) in [5.74, 6) is -2.48. The molecular formula is C12H14FNO5S. The van der Waals surface area contributed by atoms with Crippen molar-refractivity contribution in [3.8, 4) is 0 Å². The van der Waals surface area contributed by atoms with Gasteiger partial charge in [0.05, 0.1) is 16.1 Å². The van der Waals surface area contributed by atoms with Crippen molar-refractivity contribution in [2.75, 3.05) is 13.1 Å². The highest BCUT2D eigenvalue weighted by Gasteiger charge is 2.44. The monoisotopic (exact) mass is 303 g/mol. The number of hydrogen-bond donors (Lipinski definition) is 2. The number of aromatic carboxylic acids is 1. The molecule has 2 rings (SSSR count). The molecule has 0 aliphatic carbocycles. The lowest BCUT2D eigenvalue weighted by Gasteiger charge is -2.42. The lowest BCUT2D eigenvalue weighted by atomic mass is 10.0. The van der Waals surface area contributed by atoms with Crippen LogP contribution in [0.4, 0.5) is 4.39 Å². The summed E-state index contributed by atoms with van der Waals surface area (Å²) >= 11 is 0. The second kappa shape index (κ2) is 4.51. The number of sulfonamides is 1. The van der Waals surface area contributed by atoms with E-state index in [-0.39, 0.29) is 23.5 Å². The summed E-state index contributed by atoms with van der Waals surface area (Å²) in [6.45, 7) is 2.65. The van der Waals surface area contributed by atoms with Gasteiger partial charge in [-0.25, -0.2) is 17.6 Å². The van der Waals surface area contributed by atoms with Crippen molar-refractivity contribution in [1.29, 1.82) is 0 Å². The van der Waals surface area contributed by atoms with Gasteiger partial charge in [-0.15, -0.1) is 0 Å². The second-order valence-corrected chi connectivity index (χ2v) is 7.11. The maximum atomic E-state index is 13.6. The van der Waals surface area contributed by atoms with Gasteiger partial charge in [0.15, 0.2) is 0 Å². The van der Waals surface area contributed by atoms with E-state index in [0.29, 0.717) is 0 Å². The first-order valence-electron chi connectivity index (χ1n) is 5.80. The van der Waals surface area contributed by atoms with Gasteiger partial charge in [-0.1, -0.05) is 0 Å². The largest absolute Gasteiger partial charge is 0.478 e. The van der Waals surface area contributed by atoms with Gasteiger partial charge in [-0.3, -0.25) is 0 Å². The first-order chi connectivity index (χ1) is 9.04. The SMILES string of the molecule is Cc1cc(S(=O)(=O)N2CC(C)(O)C2)cc(C(=O)O)c1F. The van der Waals surface area contributed by atoms with E-state index in [2.05, 4.69) is 0 Å². The predicted octanol–water partition coefficient (Wildman–Crippen LogP) is 0.588. The smallest absolute Gasteiger partial charge is 0.338 e. The number of aryl methyl sites for hydroxylation is 1. The number of benzene rings is 1. The Morgan fingerprint density at radius 1 is 1.40 bits per heavy atom. The maximum Gasteiger partial charge on any atom is 0.338 e. The number of β-amino-alcohol motifs (C(OH)–C–C–N with tert-alkyl or cyclic N) is 1. The summed E-state index contributed by atoms with van der Waals surface area (Å²) in [6, 6.07) is 1.89. The third-order valence-corrected chi connectivity index (χ3v) is 4.90. The van der Waals surface area contributed by atoms with Gasteiger partial charge in [-0.05, 0) is 31.5 Å². The lowest BCUT2D eigenvalue weighted by Crippen LogP contribution is -2.61. The number of aliphatic hydroxyl groups is 1. The quantitative estimate of drug-likeness (QED) is 0.852. The summed E-state index contributed by atoms with van der Waals surface area (Å²) in [5.41, 5.74) is -1.83. The standard InChI is InChI=1S/C12H14FNO5S/c1-7-3-8(4-9(10(7)13)11(15)16)20(18,19)14-5-12(2,17)6-14/h3-4,17H,5-6H2,1-2H3,(H,15,16). The Balaban J connectivity index is 2.46. The zero-order valence-electron chi connectivity index (χ0n) is 10.9. The number of rotatable bonds is 3. The van der Waals surface area contributed by atoms with E-state index in [1.54, 1.807) is 0 Å². The van der Waals surface area contributed by atoms with Crippen LogP contribution in [0.5, 0.6) is 0 Å². The Bertz CT molecular complexity index is 675. The van der Waals surface area contributed by atoms with Crippen LogP contribution in [-0.2, 0) is 10.0 Å². The molecule has 1 aliphatic heterocycles. The van der Waals surface area contributed by atoms with Crippen molar-refractivity contribution in [2.24, 2.45) is 0 Å². The van der Waals surface area contributed by atoms with Gasteiger partial charge in [0, 0.05) is 13.1 Å². The van der Waals surface area contributed by atoms with Crippen molar-refractivity contribution in [1.82, 2.24) is 4.31 Å². The zero-order valence-corrected chi connectivity index (χ0v) is 11.7. The number of halogens is 1. The van der Waals surface area contributed by atoms with E-state index < -0.39 is 33.0 Å². The third kappa shape index (κ3) is 2.41. The van der Waals surface area contributed by atoms with Gasteiger partial charge in [0.25, 0.3) is 0 Å². The Kier molecular flexibility index (Phi) is 3.35. The molecule has 2 N–H and O–H groups in total. The van der Waals surface area contributed by atoms with Crippen molar-refractivity contribution in [3.05, 3.63) is 29.1 Å². The van der Waals surface area contributed by atoms with E-state index in [9.17, 15) is 22.7 Å². The summed E-state index contributed by atoms with van der Waals surface area (Å²) in [4.78, 5) is 10.6. The van der Waals surface area contributed by atoms with Crippen LogP contribution in [0.15, 0.2) is 17.0 Å². The van der Waals surface area contributed by atoms with Gasteiger partial charge >= 0.3 is 5.97 Å². The van der Waals surface area contributed by atoms with Crippen molar-refractivity contribution in [2.45, 2.75) is 24.3 Å². The van der Waals surface area contributed by atoms with Gasteiger partial charge in [0.2, 0.25) is 10.0 Å². The van der Waals surface area contributed by atoms with Crippen LogP contribution < -0.4 is 0 Å². The molecule has 1 saturated heterocycles. The van der Waals surface area contributed by atoms with Crippen LogP contribution in [0.2, 0.25) is 0 Å². The number of carboxylic acid groups (broad SMARTS) is 1. The average Bonchev–Trinajstić information content (AvgIpc) is 2.28. The first-order valence-corrected chi connectivity index (χ1v) is 7.24. The molecule has 1 aromatic rings. The molecule has 0 atom stereocenters. The molecule has 0 aromatic heterocycles. The number of carboxylic acids is 1. The fraction of sp³-hybridized carbons (Fsp3) is 0.417. The molecule has 0 amide bonds. The minimum absolute atomic E-state index is 0.0595. The fourth-order valence-corrected chi connectivity index (χ4v) is 3.86. The van der Waals surface area contributed by atoms with Crippen LogP contribution in [-0.4, -0.2) is 47.6 Å². The summed E-state index contributed by atoms with van der Waals surface area (Å²) in [5, 5.41) is 18.5. The third-order valence-electron chi connectivity index (χ3n) is 3.13. The summed E-state index contributed by atoms with van der Waals surface area (Å²) in [6.07, 6.45) is 0. The molecule has 1 aromatic carbocycles. The van der Waals surface area contributed by atoms with Gasteiger partial charge in [0.1, 0.15) is 5.82 Å². The molecule has 0 spiro atoms. The molecule has 0 radical (unpaired) electrons. The van der Waals surface area contributed by atoms with E-state index >= 15 is 0 Å². The zero-order chi connectivity index (χ0) is 15.3. The molecule has 1 aliphatic rings. The minimum Gasteiger partial charge on any atom is -0.478 e. The normalized spacial score (nSPS) is 18.6. The van der Waals surface area contributed by atoms with Crippen LogP contribution in [0.25, 0.3) is 0 Å². The highest BCUT2D eigenvalue weighted by molar-refractivity contribution is 7.89. The van der Waals surface area contributed by atoms with Crippen LogP contribution in [0, 0.1) is 12.7 Å². The average molecular weight is 303 g/mol. The van der Waals surface area contributed by atoms with E-state index in [1.165, 1.54) is 13.8 Å². The second-order valence-electron chi connectivity index (χ2n) is 5.18. The molecule has 0 unspecified atom stereocenters. The van der Waals surface area contributed by atoms with Crippen molar-refractivity contribution >= 4 is 16.0 Å². The Labute approximate surface area is 115 Å². The number of nitrogens with zero attached hydrogens (tertiary/aromatic N) is 1. The minimum atomic E-state index is -3.93. The summed E-state index contributed by atoms with van der Waals surface area (Å²) < 4.78 is 39.1. The maximum absolute atomic E-state index is 13.6. The molecule has 20 heavy (non-hydrogen) atoms. The van der Waals surface area contributed by atoms with Crippen LogP contribution in [0.1, 0.15) is 22.8 Å². The fourth-order valence-electron chi connectivity index (χ4n) is 2.07. The molecule has 1 heterocycles. The molecule has 8 heteroatoms.